The van der Waals surface area contributed by atoms with E-state index in [1.165, 1.54) is 65.0 Å². The van der Waals surface area contributed by atoms with Crippen molar-refractivity contribution in [3.05, 3.63) is 14.9 Å². The summed E-state index contributed by atoms with van der Waals surface area (Å²) in [6, 6.07) is 0.722. The van der Waals surface area contributed by atoms with Crippen LogP contribution in [0.4, 0.5) is 0 Å². The number of hydrogen-bond acceptors (Lipinski definition) is 4. The molecule has 0 aromatic carbocycles. The van der Waals surface area contributed by atoms with Gasteiger partial charge in [0, 0.05) is 39.3 Å². The molecule has 1 aliphatic heterocycles. The van der Waals surface area contributed by atoms with Gasteiger partial charge in [-0.15, -0.1) is 0 Å². The standard InChI is InChI=1S/C9H21N3.C5H9N.2CH3.Ti/c1-10-4-6-11(2)8-9-12(3)7-5-10;6-5-3-1-2-4-5;;;/h4-9H2,1-3H3;5H,1-4H2;2*1H3;/q;;2*-1;. The van der Waals surface area contributed by atoms with Crippen molar-refractivity contribution in [3.8, 4) is 0 Å². The van der Waals surface area contributed by atoms with Crippen LogP contribution in [0.5, 0.6) is 0 Å². The Morgan fingerprint density at radius 3 is 1.19 bits per heavy atom. The van der Waals surface area contributed by atoms with Gasteiger partial charge >= 0.3 is 55.4 Å². The van der Waals surface area contributed by atoms with Gasteiger partial charge in [-0.25, -0.2) is 0 Å². The molecule has 0 bridgehead atoms. The molecule has 1 saturated carbocycles. The van der Waals surface area contributed by atoms with Crippen molar-refractivity contribution in [3.63, 3.8) is 0 Å². The Balaban J connectivity index is 0. The minimum absolute atomic E-state index is 0. The van der Waals surface area contributed by atoms with Gasteiger partial charge in [0.15, 0.2) is 0 Å². The molecule has 1 aliphatic carbocycles. The fourth-order valence-electron chi connectivity index (χ4n) is 2.39. The van der Waals surface area contributed by atoms with Crippen molar-refractivity contribution in [2.45, 2.75) is 31.7 Å². The zero-order chi connectivity index (χ0) is 14.1. The minimum atomic E-state index is 0. The van der Waals surface area contributed by atoms with E-state index in [4.69, 9.17) is 0 Å². The summed E-state index contributed by atoms with van der Waals surface area (Å²) in [4.78, 5) is 7.20. The first-order valence-corrected chi connectivity index (χ1v) is 8.24. The molecule has 2 fully saturated rings. The van der Waals surface area contributed by atoms with E-state index in [2.05, 4.69) is 39.3 Å². The summed E-state index contributed by atoms with van der Waals surface area (Å²) in [5.41, 5.74) is 0. The molecule has 0 amide bonds. The molecule has 0 spiro atoms. The van der Waals surface area contributed by atoms with Crippen LogP contribution in [0.15, 0.2) is 3.42 Å². The Morgan fingerprint density at radius 2 is 1.00 bits per heavy atom. The third kappa shape index (κ3) is 11.6. The molecule has 1 heterocycles. The van der Waals surface area contributed by atoms with Crippen LogP contribution >= 0.6 is 0 Å². The van der Waals surface area contributed by atoms with Gasteiger partial charge in [-0.2, -0.15) is 0 Å². The van der Waals surface area contributed by atoms with Gasteiger partial charge in [-0.1, -0.05) is 0 Å². The van der Waals surface area contributed by atoms with E-state index in [-0.39, 0.29) is 14.9 Å². The second-order valence-corrected chi connectivity index (χ2v) is 6.38. The number of likely N-dealkylation sites (N-methyl/N-ethyl adjacent to an activating group) is 3. The molecule has 5 heteroatoms. The Labute approximate surface area is 145 Å². The van der Waals surface area contributed by atoms with Crippen LogP contribution in [-0.2, 0) is 20.3 Å². The first-order valence-electron chi connectivity index (χ1n) is 7.54. The van der Waals surface area contributed by atoms with Crippen molar-refractivity contribution in [1.29, 1.82) is 0 Å². The molecule has 0 unspecified atom stereocenters. The van der Waals surface area contributed by atoms with E-state index < -0.39 is 0 Å². The molecule has 126 valence electrons. The van der Waals surface area contributed by atoms with Crippen molar-refractivity contribution in [1.82, 2.24) is 14.7 Å². The number of nitrogens with zero attached hydrogens (tertiary/aromatic N) is 4. The topological polar surface area (TPSA) is 22.1 Å². The second kappa shape index (κ2) is 14.0. The number of hydrogen-bond donors (Lipinski definition) is 0. The summed E-state index contributed by atoms with van der Waals surface area (Å²) in [6.45, 7) is 7.19. The summed E-state index contributed by atoms with van der Waals surface area (Å²) in [6.07, 6.45) is 5.50. The molecule has 0 N–H and O–H groups in total. The predicted molar refractivity (Wildman–Crippen MR) is 90.0 cm³/mol. The van der Waals surface area contributed by atoms with E-state index in [0.717, 1.165) is 6.04 Å². The maximum atomic E-state index is 4.19. The van der Waals surface area contributed by atoms with Gasteiger partial charge in [0.1, 0.15) is 0 Å². The van der Waals surface area contributed by atoms with Crippen molar-refractivity contribution >= 4 is 0 Å². The molecule has 2 aliphatic rings. The van der Waals surface area contributed by atoms with Crippen LogP contribution < -0.4 is 0 Å². The third-order valence-electron chi connectivity index (χ3n) is 4.10. The van der Waals surface area contributed by atoms with Gasteiger partial charge in [-0.3, -0.25) is 0 Å². The first-order chi connectivity index (χ1) is 9.11. The fraction of sp³-hybridized carbons (Fsp3) is 0.875. The Morgan fingerprint density at radius 1 is 0.714 bits per heavy atom. The molecule has 0 aromatic rings. The zero-order valence-electron chi connectivity index (χ0n) is 14.9. The average molecular weight is 332 g/mol. The summed E-state index contributed by atoms with van der Waals surface area (Å²) >= 11 is 1.93. The van der Waals surface area contributed by atoms with Gasteiger partial charge in [0.2, 0.25) is 0 Å². The van der Waals surface area contributed by atoms with Crippen LogP contribution in [0.3, 0.4) is 0 Å². The number of rotatable bonds is 1. The van der Waals surface area contributed by atoms with Crippen molar-refractivity contribution in [2.75, 3.05) is 60.4 Å². The van der Waals surface area contributed by atoms with Crippen LogP contribution in [0.1, 0.15) is 25.7 Å². The van der Waals surface area contributed by atoms with Gasteiger partial charge in [0.25, 0.3) is 0 Å². The Bertz CT molecular complexity index is 209. The van der Waals surface area contributed by atoms with E-state index in [1.54, 1.807) is 0 Å². The van der Waals surface area contributed by atoms with Gasteiger partial charge in [-0.05, 0) is 21.1 Å². The summed E-state index contributed by atoms with van der Waals surface area (Å²) in [5.74, 6) is 0. The summed E-state index contributed by atoms with van der Waals surface area (Å²) in [5, 5.41) is 0. The molecule has 0 atom stereocenters. The summed E-state index contributed by atoms with van der Waals surface area (Å²) < 4.78 is 4.19. The zero-order valence-corrected chi connectivity index (χ0v) is 16.5. The quantitative estimate of drug-likeness (QED) is 0.544. The molecule has 2 rings (SSSR count). The molecule has 21 heavy (non-hydrogen) atoms. The van der Waals surface area contributed by atoms with E-state index in [1.807, 2.05) is 20.3 Å². The van der Waals surface area contributed by atoms with Crippen LogP contribution in [0.25, 0.3) is 0 Å². The van der Waals surface area contributed by atoms with Crippen LogP contribution in [0, 0.1) is 14.9 Å². The Kier molecular flexibility index (Phi) is 15.8. The average Bonchev–Trinajstić information content (AvgIpc) is 2.94. The molecule has 1 saturated heterocycles. The monoisotopic (exact) mass is 332 g/mol. The third-order valence-corrected chi connectivity index (χ3v) is 4.67. The predicted octanol–water partition coefficient (Wildman–Crippen LogP) is 2.36. The van der Waals surface area contributed by atoms with E-state index in [9.17, 15) is 0 Å². The van der Waals surface area contributed by atoms with Gasteiger partial charge in [0.05, 0.1) is 0 Å². The molecular formula is C16H36N4Ti-2. The summed E-state index contributed by atoms with van der Waals surface area (Å²) in [7, 11) is 6.60. The second-order valence-electron chi connectivity index (χ2n) is 5.98. The normalized spacial score (nSPS) is 22.6. The molecule has 0 aromatic heterocycles. The SMILES string of the molecule is CN1CCN(C)CCN(C)CC1.[CH3-].[CH3-].[Ti]=[N]C1CCCC1. The van der Waals surface area contributed by atoms with Crippen molar-refractivity contribution in [2.24, 2.45) is 3.42 Å². The molecular weight excluding hydrogens is 296 g/mol. The Hall–Kier alpha value is 0.394. The van der Waals surface area contributed by atoms with Gasteiger partial charge < -0.3 is 29.6 Å². The first kappa shape index (κ1) is 23.7. The molecule has 0 radical (unpaired) electrons. The van der Waals surface area contributed by atoms with Crippen LogP contribution in [0.2, 0.25) is 0 Å². The fourth-order valence-corrected chi connectivity index (χ4v) is 2.80. The molecule has 4 nitrogen and oxygen atoms in total. The van der Waals surface area contributed by atoms with Crippen molar-refractivity contribution < 1.29 is 20.3 Å². The van der Waals surface area contributed by atoms with Crippen LogP contribution in [-0.4, -0.2) is 81.2 Å². The van der Waals surface area contributed by atoms with E-state index >= 15 is 0 Å². The van der Waals surface area contributed by atoms with E-state index in [0.29, 0.717) is 0 Å². The maximum absolute atomic E-state index is 4.19.